The molecule has 5 rings (SSSR count). The van der Waals surface area contributed by atoms with Crippen LogP contribution in [0.15, 0.2) is 97.1 Å². The van der Waals surface area contributed by atoms with E-state index in [0.717, 1.165) is 27.9 Å². The number of halogens is 1. The zero-order valence-electron chi connectivity index (χ0n) is 20.5. The predicted molar refractivity (Wildman–Crippen MR) is 143 cm³/mol. The summed E-state index contributed by atoms with van der Waals surface area (Å²) in [6, 6.07) is 31.8. The quantitative estimate of drug-likeness (QED) is 0.316. The SMILES string of the molecule is CC1(C)OB(c2ccc(Nc3c(-c4ccccc4)cccc3-c3ccccc3)cc2F)OC1(C)C. The summed E-state index contributed by atoms with van der Waals surface area (Å²) in [5.41, 5.74) is 5.18. The molecule has 0 amide bonds. The zero-order chi connectivity index (χ0) is 24.6. The van der Waals surface area contributed by atoms with Gasteiger partial charge in [0, 0.05) is 22.3 Å². The largest absolute Gasteiger partial charge is 0.497 e. The lowest BCUT2D eigenvalue weighted by molar-refractivity contribution is 0.00578. The number of para-hydroxylation sites is 1. The molecule has 1 heterocycles. The fourth-order valence-corrected chi connectivity index (χ4v) is 4.31. The second-order valence-electron chi connectivity index (χ2n) is 9.91. The molecule has 4 aromatic rings. The predicted octanol–water partition coefficient (Wildman–Crippen LogP) is 7.20. The lowest BCUT2D eigenvalue weighted by Gasteiger charge is -2.32. The molecule has 1 aliphatic heterocycles. The van der Waals surface area contributed by atoms with E-state index < -0.39 is 18.3 Å². The minimum absolute atomic E-state index is 0.369. The summed E-state index contributed by atoms with van der Waals surface area (Å²) in [6.07, 6.45) is 0. The van der Waals surface area contributed by atoms with Gasteiger partial charge in [0.2, 0.25) is 0 Å². The highest BCUT2D eigenvalue weighted by molar-refractivity contribution is 6.62. The minimum Gasteiger partial charge on any atom is -0.399 e. The van der Waals surface area contributed by atoms with Gasteiger partial charge in [0.1, 0.15) is 5.82 Å². The van der Waals surface area contributed by atoms with E-state index in [0.29, 0.717) is 11.2 Å². The minimum atomic E-state index is -0.745. The van der Waals surface area contributed by atoms with Crippen LogP contribution in [0.25, 0.3) is 22.3 Å². The molecule has 1 aliphatic rings. The highest BCUT2D eigenvalue weighted by Gasteiger charge is 2.52. The first-order chi connectivity index (χ1) is 16.7. The molecule has 176 valence electrons. The summed E-state index contributed by atoms with van der Waals surface area (Å²) in [4.78, 5) is 0. The third-order valence-electron chi connectivity index (χ3n) is 7.01. The first-order valence-corrected chi connectivity index (χ1v) is 11.9. The van der Waals surface area contributed by atoms with Gasteiger partial charge >= 0.3 is 7.12 Å². The van der Waals surface area contributed by atoms with Crippen molar-refractivity contribution in [3.63, 3.8) is 0 Å². The van der Waals surface area contributed by atoms with Crippen LogP contribution in [0, 0.1) is 5.82 Å². The van der Waals surface area contributed by atoms with Crippen LogP contribution in [0.1, 0.15) is 27.7 Å². The average molecular weight is 465 g/mol. The molecule has 0 spiro atoms. The topological polar surface area (TPSA) is 30.5 Å². The van der Waals surface area contributed by atoms with E-state index >= 15 is 4.39 Å². The van der Waals surface area contributed by atoms with Gasteiger partial charge in [-0.05, 0) is 51.0 Å². The molecule has 0 aliphatic carbocycles. The van der Waals surface area contributed by atoms with Crippen LogP contribution in [-0.4, -0.2) is 18.3 Å². The van der Waals surface area contributed by atoms with Gasteiger partial charge in [0.15, 0.2) is 0 Å². The lowest BCUT2D eigenvalue weighted by Crippen LogP contribution is -2.41. The van der Waals surface area contributed by atoms with Crippen molar-refractivity contribution in [3.05, 3.63) is 103 Å². The number of hydrogen-bond donors (Lipinski definition) is 1. The molecule has 0 radical (unpaired) electrons. The van der Waals surface area contributed by atoms with E-state index in [4.69, 9.17) is 9.31 Å². The Morgan fingerprint density at radius 3 is 1.66 bits per heavy atom. The Labute approximate surface area is 207 Å². The molecule has 0 aromatic heterocycles. The Morgan fingerprint density at radius 2 is 1.17 bits per heavy atom. The maximum atomic E-state index is 15.4. The van der Waals surface area contributed by atoms with Gasteiger partial charge in [-0.15, -0.1) is 0 Å². The van der Waals surface area contributed by atoms with E-state index in [1.165, 1.54) is 6.07 Å². The monoisotopic (exact) mass is 465 g/mol. The third kappa shape index (κ3) is 4.50. The normalized spacial score (nSPS) is 16.3. The third-order valence-corrected chi connectivity index (χ3v) is 7.01. The molecule has 35 heavy (non-hydrogen) atoms. The van der Waals surface area contributed by atoms with Gasteiger partial charge in [-0.25, -0.2) is 4.39 Å². The van der Waals surface area contributed by atoms with Crippen LogP contribution in [-0.2, 0) is 9.31 Å². The van der Waals surface area contributed by atoms with Gasteiger partial charge in [-0.3, -0.25) is 0 Å². The van der Waals surface area contributed by atoms with Crippen molar-refractivity contribution in [2.75, 3.05) is 5.32 Å². The first-order valence-electron chi connectivity index (χ1n) is 11.9. The number of anilines is 2. The highest BCUT2D eigenvalue weighted by Crippen LogP contribution is 2.39. The van der Waals surface area contributed by atoms with E-state index in [9.17, 15) is 0 Å². The number of nitrogens with one attached hydrogen (secondary N) is 1. The molecular formula is C30H29BFNO2. The van der Waals surface area contributed by atoms with Gasteiger partial charge in [-0.2, -0.15) is 0 Å². The maximum absolute atomic E-state index is 15.4. The Balaban J connectivity index is 1.53. The van der Waals surface area contributed by atoms with Crippen LogP contribution < -0.4 is 10.8 Å². The molecule has 0 saturated carbocycles. The van der Waals surface area contributed by atoms with Crippen LogP contribution >= 0.6 is 0 Å². The standard InChI is InChI=1S/C30H29BFNO2/c1-29(2)30(3,4)35-31(34-29)26-19-18-23(20-27(26)32)33-28-24(21-12-7-5-8-13-21)16-11-17-25(28)22-14-9-6-10-15-22/h5-20,33H,1-4H3. The molecular weight excluding hydrogens is 436 g/mol. The van der Waals surface area contributed by atoms with E-state index in [1.54, 1.807) is 6.07 Å². The van der Waals surface area contributed by atoms with Crippen molar-refractivity contribution in [2.24, 2.45) is 0 Å². The average Bonchev–Trinajstić information content (AvgIpc) is 3.06. The molecule has 0 bridgehead atoms. The van der Waals surface area contributed by atoms with E-state index in [2.05, 4.69) is 47.8 Å². The van der Waals surface area contributed by atoms with Crippen LogP contribution in [0.3, 0.4) is 0 Å². The maximum Gasteiger partial charge on any atom is 0.497 e. The van der Waals surface area contributed by atoms with E-state index in [-0.39, 0.29) is 5.82 Å². The molecule has 0 atom stereocenters. The Bertz CT molecular complexity index is 1270. The number of benzene rings is 4. The Morgan fingerprint density at radius 1 is 0.657 bits per heavy atom. The van der Waals surface area contributed by atoms with Crippen LogP contribution in [0.4, 0.5) is 15.8 Å². The van der Waals surface area contributed by atoms with E-state index in [1.807, 2.05) is 70.2 Å². The van der Waals surface area contributed by atoms with Crippen molar-refractivity contribution in [3.8, 4) is 22.3 Å². The van der Waals surface area contributed by atoms with Crippen molar-refractivity contribution in [2.45, 2.75) is 38.9 Å². The van der Waals surface area contributed by atoms with Crippen LogP contribution in [0.2, 0.25) is 0 Å². The number of rotatable bonds is 5. The van der Waals surface area contributed by atoms with Gasteiger partial charge < -0.3 is 14.6 Å². The van der Waals surface area contributed by atoms with Crippen molar-refractivity contribution >= 4 is 24.0 Å². The number of hydrogen-bond acceptors (Lipinski definition) is 3. The second kappa shape index (κ2) is 8.99. The zero-order valence-corrected chi connectivity index (χ0v) is 20.5. The lowest BCUT2D eigenvalue weighted by atomic mass is 9.78. The molecule has 4 aromatic carbocycles. The summed E-state index contributed by atoms with van der Waals surface area (Å²) in [5, 5.41) is 3.51. The molecule has 1 saturated heterocycles. The molecule has 5 heteroatoms. The highest BCUT2D eigenvalue weighted by atomic mass is 19.1. The smallest absolute Gasteiger partial charge is 0.399 e. The molecule has 1 N–H and O–H groups in total. The molecule has 0 unspecified atom stereocenters. The van der Waals surface area contributed by atoms with Gasteiger partial charge in [0.25, 0.3) is 0 Å². The van der Waals surface area contributed by atoms with Crippen molar-refractivity contribution in [1.29, 1.82) is 0 Å². The van der Waals surface area contributed by atoms with Crippen molar-refractivity contribution in [1.82, 2.24) is 0 Å². The summed E-state index contributed by atoms with van der Waals surface area (Å²) >= 11 is 0. The second-order valence-corrected chi connectivity index (χ2v) is 9.91. The van der Waals surface area contributed by atoms with Gasteiger partial charge in [0.05, 0.1) is 16.9 Å². The summed E-state index contributed by atoms with van der Waals surface area (Å²) in [6.45, 7) is 7.86. The summed E-state index contributed by atoms with van der Waals surface area (Å²) < 4.78 is 27.5. The van der Waals surface area contributed by atoms with Crippen LogP contribution in [0.5, 0.6) is 0 Å². The van der Waals surface area contributed by atoms with Gasteiger partial charge in [-0.1, -0.05) is 84.9 Å². The fraction of sp³-hybridized carbons (Fsp3) is 0.200. The Hall–Kier alpha value is -3.41. The fourth-order valence-electron chi connectivity index (χ4n) is 4.31. The summed E-state index contributed by atoms with van der Waals surface area (Å²) in [7, 11) is -0.745. The molecule has 3 nitrogen and oxygen atoms in total. The molecule has 1 fully saturated rings. The Kier molecular flexibility index (Phi) is 6.00. The van der Waals surface area contributed by atoms with Crippen molar-refractivity contribution < 1.29 is 13.7 Å². The first kappa shape index (κ1) is 23.3. The summed E-state index contributed by atoms with van der Waals surface area (Å²) in [5.74, 6) is -0.369.